The molecule has 1 rings (SSSR count). The van der Waals surface area contributed by atoms with Gasteiger partial charge in [0.1, 0.15) is 0 Å². The van der Waals surface area contributed by atoms with Gasteiger partial charge in [-0.25, -0.2) is 0 Å². The highest BCUT2D eigenvalue weighted by molar-refractivity contribution is 5.99. The lowest BCUT2D eigenvalue weighted by molar-refractivity contribution is 1.41. The van der Waals surface area contributed by atoms with Gasteiger partial charge in [-0.05, 0) is 29.7 Å². The third-order valence-corrected chi connectivity index (χ3v) is 2.28. The standard InChI is InChI=1S/C13H15N/c1-5-11-7-8-13(10(3)14-4)9-12(11)6-2/h5-9H,1-2H2,3-4H3. The van der Waals surface area contributed by atoms with Gasteiger partial charge in [0, 0.05) is 12.8 Å². The molecule has 1 aromatic carbocycles. The molecule has 0 spiro atoms. The first-order valence-corrected chi connectivity index (χ1v) is 4.55. The van der Waals surface area contributed by atoms with Crippen molar-refractivity contribution in [3.05, 3.63) is 48.0 Å². The van der Waals surface area contributed by atoms with Crippen LogP contribution in [0.2, 0.25) is 0 Å². The molecule has 14 heavy (non-hydrogen) atoms. The highest BCUT2D eigenvalue weighted by Gasteiger charge is 2.00. The van der Waals surface area contributed by atoms with Crippen LogP contribution in [-0.4, -0.2) is 12.8 Å². The van der Waals surface area contributed by atoms with Gasteiger partial charge >= 0.3 is 0 Å². The second kappa shape index (κ2) is 4.56. The lowest BCUT2D eigenvalue weighted by Crippen LogP contribution is -1.95. The molecule has 0 saturated heterocycles. The second-order valence-electron chi connectivity index (χ2n) is 3.06. The lowest BCUT2D eigenvalue weighted by atomic mass is 10.0. The summed E-state index contributed by atoms with van der Waals surface area (Å²) in [4.78, 5) is 4.15. The van der Waals surface area contributed by atoms with E-state index in [4.69, 9.17) is 0 Å². The normalized spacial score (nSPS) is 11.1. The molecular formula is C13H15N. The summed E-state index contributed by atoms with van der Waals surface area (Å²) in [6.07, 6.45) is 3.67. The quantitative estimate of drug-likeness (QED) is 0.640. The Morgan fingerprint density at radius 1 is 1.21 bits per heavy atom. The molecule has 0 radical (unpaired) electrons. The summed E-state index contributed by atoms with van der Waals surface area (Å²) >= 11 is 0. The molecule has 0 fully saturated rings. The Morgan fingerprint density at radius 3 is 2.36 bits per heavy atom. The van der Waals surface area contributed by atoms with Crippen LogP contribution in [-0.2, 0) is 0 Å². The van der Waals surface area contributed by atoms with Crippen LogP contribution in [0.5, 0.6) is 0 Å². The third-order valence-electron chi connectivity index (χ3n) is 2.28. The molecule has 1 heteroatoms. The van der Waals surface area contributed by atoms with Crippen LogP contribution < -0.4 is 0 Å². The number of hydrogen-bond donors (Lipinski definition) is 0. The van der Waals surface area contributed by atoms with Gasteiger partial charge in [0.05, 0.1) is 0 Å². The lowest BCUT2D eigenvalue weighted by Gasteiger charge is -2.04. The van der Waals surface area contributed by atoms with Gasteiger partial charge in [-0.2, -0.15) is 0 Å². The number of nitrogens with zero attached hydrogens (tertiary/aromatic N) is 1. The summed E-state index contributed by atoms with van der Waals surface area (Å²) in [6.45, 7) is 9.53. The summed E-state index contributed by atoms with van der Waals surface area (Å²) in [7, 11) is 1.80. The van der Waals surface area contributed by atoms with E-state index in [2.05, 4.69) is 24.2 Å². The Morgan fingerprint density at radius 2 is 1.86 bits per heavy atom. The van der Waals surface area contributed by atoms with Gasteiger partial charge in [0.15, 0.2) is 0 Å². The van der Waals surface area contributed by atoms with Crippen LogP contribution in [0.1, 0.15) is 23.6 Å². The fourth-order valence-corrected chi connectivity index (χ4v) is 1.29. The van der Waals surface area contributed by atoms with E-state index in [0.717, 1.165) is 22.4 Å². The van der Waals surface area contributed by atoms with E-state index in [-0.39, 0.29) is 0 Å². The van der Waals surface area contributed by atoms with Crippen molar-refractivity contribution in [1.82, 2.24) is 0 Å². The summed E-state index contributed by atoms with van der Waals surface area (Å²) in [5, 5.41) is 0. The van der Waals surface area contributed by atoms with Crippen molar-refractivity contribution < 1.29 is 0 Å². The van der Waals surface area contributed by atoms with Gasteiger partial charge in [0.2, 0.25) is 0 Å². The van der Waals surface area contributed by atoms with E-state index in [1.807, 2.05) is 31.2 Å². The molecule has 0 aliphatic rings. The van der Waals surface area contributed by atoms with Crippen LogP contribution in [0.25, 0.3) is 12.2 Å². The van der Waals surface area contributed by atoms with E-state index in [1.54, 1.807) is 7.05 Å². The predicted molar refractivity (Wildman–Crippen MR) is 64.8 cm³/mol. The minimum atomic E-state index is 1.03. The zero-order valence-corrected chi connectivity index (χ0v) is 8.75. The average Bonchev–Trinajstić information content (AvgIpc) is 2.26. The minimum absolute atomic E-state index is 1.03. The average molecular weight is 185 g/mol. The largest absolute Gasteiger partial charge is 0.293 e. The zero-order valence-electron chi connectivity index (χ0n) is 8.75. The molecule has 0 heterocycles. The van der Waals surface area contributed by atoms with Gasteiger partial charge in [-0.3, -0.25) is 4.99 Å². The van der Waals surface area contributed by atoms with Crippen molar-refractivity contribution in [2.45, 2.75) is 6.92 Å². The van der Waals surface area contributed by atoms with Crippen molar-refractivity contribution in [3.8, 4) is 0 Å². The number of rotatable bonds is 3. The predicted octanol–water partition coefficient (Wildman–Crippen LogP) is 3.41. The highest BCUT2D eigenvalue weighted by atomic mass is 14.7. The van der Waals surface area contributed by atoms with E-state index >= 15 is 0 Å². The van der Waals surface area contributed by atoms with Crippen molar-refractivity contribution in [1.29, 1.82) is 0 Å². The summed E-state index contributed by atoms with van der Waals surface area (Å²) in [5.74, 6) is 0. The van der Waals surface area contributed by atoms with E-state index in [0.29, 0.717) is 0 Å². The third kappa shape index (κ3) is 1.99. The Bertz CT molecular complexity index is 386. The van der Waals surface area contributed by atoms with Crippen LogP contribution in [0.15, 0.2) is 36.3 Å². The van der Waals surface area contributed by atoms with E-state index in [1.165, 1.54) is 0 Å². The maximum absolute atomic E-state index is 4.15. The number of hydrogen-bond acceptors (Lipinski definition) is 1. The molecule has 0 aliphatic heterocycles. The topological polar surface area (TPSA) is 12.4 Å². The molecule has 1 nitrogen and oxygen atoms in total. The first-order chi connectivity index (χ1) is 6.72. The first kappa shape index (κ1) is 10.5. The minimum Gasteiger partial charge on any atom is -0.293 e. The molecule has 0 unspecified atom stereocenters. The first-order valence-electron chi connectivity index (χ1n) is 4.55. The molecule has 0 atom stereocenters. The van der Waals surface area contributed by atoms with Gasteiger partial charge < -0.3 is 0 Å². The van der Waals surface area contributed by atoms with Gasteiger partial charge in [0.25, 0.3) is 0 Å². The molecule has 0 N–H and O–H groups in total. The molecule has 0 aromatic heterocycles. The Hall–Kier alpha value is -1.63. The summed E-state index contributed by atoms with van der Waals surface area (Å²) in [6, 6.07) is 6.16. The maximum atomic E-state index is 4.15. The number of aliphatic imine (C=N–C) groups is 1. The van der Waals surface area contributed by atoms with Crippen LogP contribution in [0, 0.1) is 0 Å². The number of benzene rings is 1. The van der Waals surface area contributed by atoms with Crippen molar-refractivity contribution in [3.63, 3.8) is 0 Å². The van der Waals surface area contributed by atoms with Crippen LogP contribution in [0.4, 0.5) is 0 Å². The van der Waals surface area contributed by atoms with Crippen molar-refractivity contribution in [2.24, 2.45) is 4.99 Å². The Kier molecular flexibility index (Phi) is 3.41. The molecule has 72 valence electrons. The molecule has 0 aliphatic carbocycles. The van der Waals surface area contributed by atoms with E-state index < -0.39 is 0 Å². The fraction of sp³-hybridized carbons (Fsp3) is 0.154. The zero-order chi connectivity index (χ0) is 10.6. The molecular weight excluding hydrogens is 170 g/mol. The molecule has 0 saturated carbocycles. The van der Waals surface area contributed by atoms with E-state index in [9.17, 15) is 0 Å². The molecule has 0 bridgehead atoms. The summed E-state index contributed by atoms with van der Waals surface area (Å²) in [5.41, 5.74) is 4.37. The SMILES string of the molecule is C=Cc1ccc(C(C)=NC)cc1C=C. The molecule has 1 aromatic rings. The van der Waals surface area contributed by atoms with Gasteiger partial charge in [-0.1, -0.05) is 37.4 Å². The summed E-state index contributed by atoms with van der Waals surface area (Å²) < 4.78 is 0. The van der Waals surface area contributed by atoms with Crippen molar-refractivity contribution >= 4 is 17.9 Å². The smallest absolute Gasteiger partial charge is 0.0386 e. The van der Waals surface area contributed by atoms with Crippen LogP contribution >= 0.6 is 0 Å². The Labute approximate surface area is 85.5 Å². The van der Waals surface area contributed by atoms with Crippen LogP contribution in [0.3, 0.4) is 0 Å². The van der Waals surface area contributed by atoms with Gasteiger partial charge in [-0.15, -0.1) is 0 Å². The second-order valence-corrected chi connectivity index (χ2v) is 3.06. The highest BCUT2D eigenvalue weighted by Crippen LogP contribution is 2.15. The van der Waals surface area contributed by atoms with Crippen molar-refractivity contribution in [2.75, 3.05) is 7.05 Å². The fourth-order valence-electron chi connectivity index (χ4n) is 1.29. The maximum Gasteiger partial charge on any atom is 0.0386 e. The Balaban J connectivity index is 3.27. The molecule has 0 amide bonds. The monoisotopic (exact) mass is 185 g/mol.